The Hall–Kier alpha value is -2.29. The van der Waals surface area contributed by atoms with E-state index < -0.39 is 0 Å². The predicted octanol–water partition coefficient (Wildman–Crippen LogP) is 3.79. The summed E-state index contributed by atoms with van der Waals surface area (Å²) in [6.45, 7) is 8.79. The Morgan fingerprint density at radius 3 is 2.39 bits per heavy atom. The molecule has 0 aliphatic carbocycles. The Morgan fingerprint density at radius 1 is 1.00 bits per heavy atom. The summed E-state index contributed by atoms with van der Waals surface area (Å²) in [5.74, 6) is 0.918. The van der Waals surface area contributed by atoms with E-state index in [1.54, 1.807) is 7.05 Å². The minimum absolute atomic E-state index is 0.0132. The topological polar surface area (TPSA) is 38.3 Å². The maximum atomic E-state index is 11.7. The highest BCUT2D eigenvalue weighted by molar-refractivity contribution is 5.78. The van der Waals surface area contributed by atoms with Crippen molar-refractivity contribution in [3.8, 4) is 5.75 Å². The summed E-state index contributed by atoms with van der Waals surface area (Å²) in [5.41, 5.74) is 6.88. The molecule has 23 heavy (non-hydrogen) atoms. The average Bonchev–Trinajstić information content (AvgIpc) is 2.51. The number of amides is 1. The maximum Gasteiger partial charge on any atom is 0.224 e. The van der Waals surface area contributed by atoms with E-state index in [0.29, 0.717) is 13.0 Å². The number of hydrogen-bond donors (Lipinski definition) is 1. The van der Waals surface area contributed by atoms with E-state index in [2.05, 4.69) is 51.2 Å². The number of rotatable bonds is 5. The summed E-state index contributed by atoms with van der Waals surface area (Å²) in [5, 5.41) is 2.68. The number of carbonyl (C=O) groups excluding carboxylic acids is 1. The van der Waals surface area contributed by atoms with Crippen LogP contribution in [0.15, 0.2) is 30.3 Å². The Balaban J connectivity index is 2.23. The van der Waals surface area contributed by atoms with E-state index in [-0.39, 0.29) is 5.91 Å². The van der Waals surface area contributed by atoms with Crippen LogP contribution in [0.2, 0.25) is 0 Å². The highest BCUT2D eigenvalue weighted by Gasteiger charge is 2.11. The minimum Gasteiger partial charge on any atom is -0.489 e. The van der Waals surface area contributed by atoms with Crippen LogP contribution in [0.25, 0.3) is 0 Å². The second-order valence-electron chi connectivity index (χ2n) is 6.05. The van der Waals surface area contributed by atoms with Crippen molar-refractivity contribution in [1.29, 1.82) is 0 Å². The molecule has 2 aromatic carbocycles. The van der Waals surface area contributed by atoms with Crippen LogP contribution in [0.5, 0.6) is 5.75 Å². The number of nitrogens with one attached hydrogen (secondary N) is 1. The Bertz CT molecular complexity index is 720. The molecular formula is C20H25NO2. The highest BCUT2D eigenvalue weighted by atomic mass is 16.5. The molecule has 0 radical (unpaired) electrons. The van der Waals surface area contributed by atoms with Crippen LogP contribution in [0.3, 0.4) is 0 Å². The van der Waals surface area contributed by atoms with Crippen molar-refractivity contribution in [2.24, 2.45) is 0 Å². The van der Waals surface area contributed by atoms with Gasteiger partial charge in [-0.25, -0.2) is 0 Å². The SMILES string of the molecule is CNC(=O)Cc1cccc(C)c1COc1cc(C)c(C)cc1C. The van der Waals surface area contributed by atoms with E-state index in [1.165, 1.54) is 11.1 Å². The van der Waals surface area contributed by atoms with Gasteiger partial charge in [-0.05, 0) is 67.1 Å². The van der Waals surface area contributed by atoms with Gasteiger partial charge in [0.25, 0.3) is 0 Å². The third kappa shape index (κ3) is 4.13. The van der Waals surface area contributed by atoms with Crippen LogP contribution < -0.4 is 10.1 Å². The lowest BCUT2D eigenvalue weighted by Crippen LogP contribution is -2.21. The molecule has 0 atom stereocenters. The first-order chi connectivity index (χ1) is 10.9. The Morgan fingerprint density at radius 2 is 1.70 bits per heavy atom. The van der Waals surface area contributed by atoms with Gasteiger partial charge in [0.2, 0.25) is 5.91 Å². The van der Waals surface area contributed by atoms with Crippen molar-refractivity contribution in [3.63, 3.8) is 0 Å². The van der Waals surface area contributed by atoms with Crippen LogP contribution >= 0.6 is 0 Å². The van der Waals surface area contributed by atoms with E-state index >= 15 is 0 Å². The fourth-order valence-corrected chi connectivity index (χ4v) is 2.64. The molecule has 0 bridgehead atoms. The van der Waals surface area contributed by atoms with Crippen LogP contribution in [-0.2, 0) is 17.8 Å². The van der Waals surface area contributed by atoms with Crippen LogP contribution in [0, 0.1) is 27.7 Å². The largest absolute Gasteiger partial charge is 0.489 e. The van der Waals surface area contributed by atoms with Gasteiger partial charge in [0.1, 0.15) is 12.4 Å². The third-order valence-electron chi connectivity index (χ3n) is 4.30. The standard InChI is InChI=1S/C20H25NO2/c1-13-7-6-8-17(11-20(22)21-5)18(13)12-23-19-10-15(3)14(2)9-16(19)4/h6-10H,11-12H2,1-5H3,(H,21,22). The second-order valence-corrected chi connectivity index (χ2v) is 6.05. The van der Waals surface area contributed by atoms with Crippen molar-refractivity contribution >= 4 is 5.91 Å². The lowest BCUT2D eigenvalue weighted by molar-refractivity contribution is -0.119. The zero-order valence-electron chi connectivity index (χ0n) is 14.6. The molecule has 0 fully saturated rings. The molecule has 0 aliphatic rings. The first-order valence-corrected chi connectivity index (χ1v) is 7.91. The monoisotopic (exact) mass is 311 g/mol. The summed E-state index contributed by atoms with van der Waals surface area (Å²) in [7, 11) is 1.66. The van der Waals surface area contributed by atoms with E-state index in [9.17, 15) is 4.79 Å². The molecule has 2 aromatic rings. The lowest BCUT2D eigenvalue weighted by atomic mass is 9.99. The average molecular weight is 311 g/mol. The lowest BCUT2D eigenvalue weighted by Gasteiger charge is -2.16. The summed E-state index contributed by atoms with van der Waals surface area (Å²) in [6, 6.07) is 10.3. The van der Waals surface area contributed by atoms with Gasteiger partial charge in [-0.15, -0.1) is 0 Å². The second kappa shape index (κ2) is 7.32. The molecule has 122 valence electrons. The fraction of sp³-hybridized carbons (Fsp3) is 0.350. The molecule has 3 nitrogen and oxygen atoms in total. The van der Waals surface area contributed by atoms with E-state index in [1.807, 2.05) is 12.1 Å². The van der Waals surface area contributed by atoms with Crippen molar-refractivity contribution in [3.05, 3.63) is 63.7 Å². The van der Waals surface area contributed by atoms with E-state index in [0.717, 1.165) is 28.0 Å². The fourth-order valence-electron chi connectivity index (χ4n) is 2.64. The summed E-state index contributed by atoms with van der Waals surface area (Å²) >= 11 is 0. The van der Waals surface area contributed by atoms with Gasteiger partial charge < -0.3 is 10.1 Å². The van der Waals surface area contributed by atoms with Crippen molar-refractivity contribution < 1.29 is 9.53 Å². The van der Waals surface area contributed by atoms with Crippen molar-refractivity contribution in [2.45, 2.75) is 40.7 Å². The molecule has 0 saturated heterocycles. The molecule has 0 saturated carbocycles. The summed E-state index contributed by atoms with van der Waals surface area (Å²) in [6.07, 6.45) is 0.378. The number of likely N-dealkylation sites (N-methyl/N-ethyl adjacent to an activating group) is 1. The number of hydrogen-bond acceptors (Lipinski definition) is 2. The van der Waals surface area contributed by atoms with Crippen molar-refractivity contribution in [2.75, 3.05) is 7.05 Å². The predicted molar refractivity (Wildman–Crippen MR) is 93.9 cm³/mol. The zero-order chi connectivity index (χ0) is 17.0. The summed E-state index contributed by atoms with van der Waals surface area (Å²) in [4.78, 5) is 11.7. The van der Waals surface area contributed by atoms with Gasteiger partial charge in [-0.1, -0.05) is 24.3 Å². The zero-order valence-corrected chi connectivity index (χ0v) is 14.6. The van der Waals surface area contributed by atoms with E-state index in [4.69, 9.17) is 4.74 Å². The molecule has 0 aliphatic heterocycles. The normalized spacial score (nSPS) is 10.5. The minimum atomic E-state index is 0.0132. The van der Waals surface area contributed by atoms with Gasteiger partial charge >= 0.3 is 0 Å². The number of carbonyl (C=O) groups is 1. The van der Waals surface area contributed by atoms with Crippen molar-refractivity contribution in [1.82, 2.24) is 5.32 Å². The Labute approximate surface area is 138 Å². The maximum absolute atomic E-state index is 11.7. The van der Waals surface area contributed by atoms with Gasteiger partial charge in [-0.2, -0.15) is 0 Å². The van der Waals surface area contributed by atoms with Crippen LogP contribution in [0.1, 0.15) is 33.4 Å². The Kier molecular flexibility index (Phi) is 5.43. The molecule has 0 unspecified atom stereocenters. The quantitative estimate of drug-likeness (QED) is 0.912. The van der Waals surface area contributed by atoms with Gasteiger partial charge in [0.05, 0.1) is 6.42 Å². The van der Waals surface area contributed by atoms with Gasteiger partial charge in [-0.3, -0.25) is 4.79 Å². The molecule has 0 aromatic heterocycles. The number of benzene rings is 2. The molecule has 2 rings (SSSR count). The molecule has 1 N–H and O–H groups in total. The smallest absolute Gasteiger partial charge is 0.224 e. The highest BCUT2D eigenvalue weighted by Crippen LogP contribution is 2.25. The van der Waals surface area contributed by atoms with Crippen LogP contribution in [-0.4, -0.2) is 13.0 Å². The molecular weight excluding hydrogens is 286 g/mol. The number of aryl methyl sites for hydroxylation is 4. The molecule has 0 heterocycles. The molecule has 0 spiro atoms. The van der Waals surface area contributed by atoms with Crippen LogP contribution in [0.4, 0.5) is 0 Å². The summed E-state index contributed by atoms with van der Waals surface area (Å²) < 4.78 is 6.06. The third-order valence-corrected chi connectivity index (χ3v) is 4.30. The van der Waals surface area contributed by atoms with Gasteiger partial charge in [0, 0.05) is 7.05 Å². The first-order valence-electron chi connectivity index (χ1n) is 7.91. The molecule has 3 heteroatoms. The molecule has 1 amide bonds. The first kappa shape index (κ1) is 17.1. The van der Waals surface area contributed by atoms with Gasteiger partial charge in [0.15, 0.2) is 0 Å². The number of ether oxygens (including phenoxy) is 1.